The van der Waals surface area contributed by atoms with Crippen molar-refractivity contribution in [2.24, 2.45) is 5.92 Å². The topological polar surface area (TPSA) is 52.7 Å². The molecule has 2 fully saturated rings. The molecule has 1 aliphatic heterocycles. The maximum atomic E-state index is 12.3. The van der Waals surface area contributed by atoms with Gasteiger partial charge in [0.05, 0.1) is 0 Å². The molecule has 3 amide bonds. The summed E-state index contributed by atoms with van der Waals surface area (Å²) in [4.78, 5) is 28.0. The monoisotopic (exact) mass is 329 g/mol. The van der Waals surface area contributed by atoms with E-state index in [9.17, 15) is 9.59 Å². The van der Waals surface area contributed by atoms with Crippen LogP contribution in [0, 0.1) is 19.8 Å². The third kappa shape index (κ3) is 3.71. The predicted molar refractivity (Wildman–Crippen MR) is 93.6 cm³/mol. The number of hydrogen-bond acceptors (Lipinski definition) is 2. The van der Waals surface area contributed by atoms with Crippen molar-refractivity contribution in [2.45, 2.75) is 45.7 Å². The third-order valence-corrected chi connectivity index (χ3v) is 5.24. The lowest BCUT2D eigenvalue weighted by molar-refractivity contribution is -0.128. The normalized spacial score (nSPS) is 20.4. The quantitative estimate of drug-likeness (QED) is 0.902. The number of nitrogens with one attached hydrogen (secondary N) is 1. The number of likely N-dealkylation sites (tertiary alicyclic amines) is 1. The Morgan fingerprint density at radius 2 is 2.08 bits per heavy atom. The Labute approximate surface area is 144 Å². The van der Waals surface area contributed by atoms with Crippen molar-refractivity contribution >= 4 is 11.9 Å². The zero-order valence-corrected chi connectivity index (χ0v) is 14.8. The van der Waals surface area contributed by atoms with Gasteiger partial charge in [-0.1, -0.05) is 18.2 Å². The zero-order chi connectivity index (χ0) is 17.3. The second-order valence-corrected chi connectivity index (χ2v) is 7.25. The van der Waals surface area contributed by atoms with Gasteiger partial charge in [-0.2, -0.15) is 0 Å². The molecule has 1 N–H and O–H groups in total. The summed E-state index contributed by atoms with van der Waals surface area (Å²) >= 11 is 0. The van der Waals surface area contributed by atoms with Crippen molar-refractivity contribution in [2.75, 3.05) is 20.1 Å². The fourth-order valence-electron chi connectivity index (χ4n) is 3.36. The first-order chi connectivity index (χ1) is 11.5. The standard InChI is InChI=1S/C19H27N3O2/c1-13-5-4-6-16(14(13)2)12-21(3)19(24)20-10-15-9-18(23)22(11-15)17-7-8-17/h4-6,15,17H,7-12H2,1-3H3,(H,20,24). The summed E-state index contributed by atoms with van der Waals surface area (Å²) in [5.74, 6) is 0.497. The number of benzene rings is 1. The SMILES string of the molecule is Cc1cccc(CN(C)C(=O)NCC2CC(=O)N(C3CC3)C2)c1C. The van der Waals surface area contributed by atoms with Crippen molar-refractivity contribution in [3.63, 3.8) is 0 Å². The molecule has 0 bridgehead atoms. The Bertz CT molecular complexity index is 639. The van der Waals surface area contributed by atoms with Crippen molar-refractivity contribution in [1.82, 2.24) is 15.1 Å². The summed E-state index contributed by atoms with van der Waals surface area (Å²) in [5.41, 5.74) is 3.65. The first-order valence-corrected chi connectivity index (χ1v) is 8.79. The summed E-state index contributed by atoms with van der Waals surface area (Å²) < 4.78 is 0. The van der Waals surface area contributed by atoms with Gasteiger partial charge < -0.3 is 15.1 Å². The van der Waals surface area contributed by atoms with Crippen LogP contribution in [0.3, 0.4) is 0 Å². The number of nitrogens with zero attached hydrogens (tertiary/aromatic N) is 2. The van der Waals surface area contributed by atoms with Gasteiger partial charge in [0.15, 0.2) is 0 Å². The molecule has 5 nitrogen and oxygen atoms in total. The van der Waals surface area contributed by atoms with Crippen LogP contribution in [0.1, 0.15) is 36.0 Å². The summed E-state index contributed by atoms with van der Waals surface area (Å²) in [6, 6.07) is 6.58. The molecule has 1 aliphatic carbocycles. The van der Waals surface area contributed by atoms with Gasteiger partial charge in [0.2, 0.25) is 5.91 Å². The van der Waals surface area contributed by atoms with Gasteiger partial charge in [-0.3, -0.25) is 4.79 Å². The zero-order valence-electron chi connectivity index (χ0n) is 14.8. The highest BCUT2D eigenvalue weighted by atomic mass is 16.2. The summed E-state index contributed by atoms with van der Waals surface area (Å²) in [6.07, 6.45) is 2.85. The first-order valence-electron chi connectivity index (χ1n) is 8.79. The lowest BCUT2D eigenvalue weighted by atomic mass is 10.0. The Balaban J connectivity index is 1.48. The van der Waals surface area contributed by atoms with Crippen LogP contribution in [-0.2, 0) is 11.3 Å². The van der Waals surface area contributed by atoms with Crippen molar-refractivity contribution < 1.29 is 9.59 Å². The lowest BCUT2D eigenvalue weighted by Crippen LogP contribution is -2.40. The molecular weight excluding hydrogens is 302 g/mol. The fraction of sp³-hybridized carbons (Fsp3) is 0.579. The van der Waals surface area contributed by atoms with E-state index in [4.69, 9.17) is 0 Å². The van der Waals surface area contributed by atoms with Crippen LogP contribution in [0.15, 0.2) is 18.2 Å². The Morgan fingerprint density at radius 1 is 1.33 bits per heavy atom. The molecule has 1 aromatic carbocycles. The predicted octanol–water partition coefficient (Wildman–Crippen LogP) is 2.46. The van der Waals surface area contributed by atoms with E-state index in [1.165, 1.54) is 16.7 Å². The van der Waals surface area contributed by atoms with Crippen LogP contribution in [0.2, 0.25) is 0 Å². The number of carbonyl (C=O) groups is 2. The summed E-state index contributed by atoms with van der Waals surface area (Å²) in [6.45, 7) is 6.14. The van der Waals surface area contributed by atoms with Gasteiger partial charge in [0.1, 0.15) is 0 Å². The molecule has 24 heavy (non-hydrogen) atoms. The molecular formula is C19H27N3O2. The molecule has 1 aromatic rings. The highest BCUT2D eigenvalue weighted by Gasteiger charge is 2.39. The highest BCUT2D eigenvalue weighted by molar-refractivity contribution is 5.79. The number of amides is 3. The molecule has 5 heteroatoms. The maximum Gasteiger partial charge on any atom is 0.317 e. The van der Waals surface area contributed by atoms with Crippen LogP contribution >= 0.6 is 0 Å². The molecule has 130 valence electrons. The van der Waals surface area contributed by atoms with E-state index in [2.05, 4.69) is 31.3 Å². The van der Waals surface area contributed by atoms with Gasteiger partial charge in [-0.15, -0.1) is 0 Å². The van der Waals surface area contributed by atoms with Crippen LogP contribution in [0.25, 0.3) is 0 Å². The maximum absolute atomic E-state index is 12.3. The average molecular weight is 329 g/mol. The van der Waals surface area contributed by atoms with E-state index < -0.39 is 0 Å². The first kappa shape index (κ1) is 16.8. The Kier molecular flexibility index (Phi) is 4.78. The molecule has 1 heterocycles. The van der Waals surface area contributed by atoms with E-state index in [1.807, 2.05) is 18.0 Å². The summed E-state index contributed by atoms with van der Waals surface area (Å²) in [7, 11) is 1.81. The smallest absolute Gasteiger partial charge is 0.317 e. The van der Waals surface area contributed by atoms with Crippen molar-refractivity contribution in [3.05, 3.63) is 34.9 Å². The number of urea groups is 1. The van der Waals surface area contributed by atoms with Gasteiger partial charge in [0.25, 0.3) is 0 Å². The van der Waals surface area contributed by atoms with Crippen LogP contribution in [-0.4, -0.2) is 47.9 Å². The molecule has 1 unspecified atom stereocenters. The molecule has 0 spiro atoms. The second kappa shape index (κ2) is 6.83. The van der Waals surface area contributed by atoms with E-state index >= 15 is 0 Å². The molecule has 3 rings (SSSR count). The van der Waals surface area contributed by atoms with Gasteiger partial charge >= 0.3 is 6.03 Å². The third-order valence-electron chi connectivity index (χ3n) is 5.24. The number of hydrogen-bond donors (Lipinski definition) is 1. The summed E-state index contributed by atoms with van der Waals surface area (Å²) in [5, 5.41) is 2.99. The Hall–Kier alpha value is -2.04. The van der Waals surface area contributed by atoms with Crippen molar-refractivity contribution in [3.8, 4) is 0 Å². The largest absolute Gasteiger partial charge is 0.339 e. The van der Waals surface area contributed by atoms with Crippen molar-refractivity contribution in [1.29, 1.82) is 0 Å². The number of carbonyl (C=O) groups excluding carboxylic acids is 2. The van der Waals surface area contributed by atoms with Crippen LogP contribution < -0.4 is 5.32 Å². The Morgan fingerprint density at radius 3 is 2.79 bits per heavy atom. The molecule has 1 saturated heterocycles. The minimum atomic E-state index is -0.0757. The van der Waals surface area contributed by atoms with E-state index in [1.54, 1.807) is 4.90 Å². The van der Waals surface area contributed by atoms with Gasteiger partial charge in [0, 0.05) is 45.1 Å². The minimum Gasteiger partial charge on any atom is -0.339 e. The number of aryl methyl sites for hydroxylation is 1. The second-order valence-electron chi connectivity index (χ2n) is 7.25. The molecule has 2 aliphatic rings. The lowest BCUT2D eigenvalue weighted by Gasteiger charge is -2.21. The molecule has 0 aromatic heterocycles. The van der Waals surface area contributed by atoms with Crippen LogP contribution in [0.4, 0.5) is 4.79 Å². The van der Waals surface area contributed by atoms with E-state index in [0.717, 1.165) is 19.4 Å². The average Bonchev–Trinajstić information content (AvgIpc) is 3.32. The molecule has 1 saturated carbocycles. The van der Waals surface area contributed by atoms with Crippen LogP contribution in [0.5, 0.6) is 0 Å². The van der Waals surface area contributed by atoms with E-state index in [0.29, 0.717) is 25.6 Å². The van der Waals surface area contributed by atoms with Gasteiger partial charge in [-0.25, -0.2) is 4.79 Å². The van der Waals surface area contributed by atoms with E-state index in [-0.39, 0.29) is 17.9 Å². The number of rotatable bonds is 5. The molecule has 0 radical (unpaired) electrons. The van der Waals surface area contributed by atoms with Gasteiger partial charge in [-0.05, 0) is 43.4 Å². The minimum absolute atomic E-state index is 0.0757. The highest BCUT2D eigenvalue weighted by Crippen LogP contribution is 2.32. The fourth-order valence-corrected chi connectivity index (χ4v) is 3.36. The molecule has 1 atom stereocenters.